The molecule has 10 heteroatoms. The van der Waals surface area contributed by atoms with E-state index in [9.17, 15) is 9.59 Å². The Balaban J connectivity index is 1.39. The molecule has 1 saturated carbocycles. The number of fused-ring (bicyclic) bond motifs is 3. The van der Waals surface area contributed by atoms with Crippen LogP contribution in [0.15, 0.2) is 22.8 Å². The van der Waals surface area contributed by atoms with E-state index >= 15 is 0 Å². The van der Waals surface area contributed by atoms with Gasteiger partial charge in [0, 0.05) is 37.7 Å². The molecule has 3 aliphatic rings. The van der Waals surface area contributed by atoms with E-state index in [2.05, 4.69) is 43.4 Å². The molecule has 2 amide bonds. The number of anilines is 1. The van der Waals surface area contributed by atoms with Crippen molar-refractivity contribution in [2.45, 2.75) is 64.0 Å². The number of aromatic amines is 1. The van der Waals surface area contributed by atoms with Crippen molar-refractivity contribution in [1.82, 2.24) is 19.9 Å². The Bertz CT molecular complexity index is 1170. The first-order valence-electron chi connectivity index (χ1n) is 12.3. The van der Waals surface area contributed by atoms with Crippen molar-refractivity contribution in [2.75, 3.05) is 18.4 Å². The van der Waals surface area contributed by atoms with Crippen molar-refractivity contribution in [1.29, 1.82) is 0 Å². The lowest BCUT2D eigenvalue weighted by molar-refractivity contribution is -0.119. The van der Waals surface area contributed by atoms with Gasteiger partial charge in [0.25, 0.3) is 0 Å². The fourth-order valence-corrected chi connectivity index (χ4v) is 6.21. The SMILES string of the molecule is CC(C)(C)OC(=O)N1CCCC(c2nc3ncc(Br)c(NC4C5C=CC(C5)C4CC(N)=O)c3[nH]2)C1. The largest absolute Gasteiger partial charge is 0.444 e. The molecule has 35 heavy (non-hydrogen) atoms. The van der Waals surface area contributed by atoms with Crippen molar-refractivity contribution < 1.29 is 14.3 Å². The molecule has 2 aliphatic carbocycles. The van der Waals surface area contributed by atoms with Crippen molar-refractivity contribution in [3.63, 3.8) is 0 Å². The van der Waals surface area contributed by atoms with E-state index in [1.807, 2.05) is 20.8 Å². The maximum absolute atomic E-state index is 12.6. The third-order valence-electron chi connectivity index (χ3n) is 7.32. The Kier molecular flexibility index (Phi) is 6.27. The van der Waals surface area contributed by atoms with Crippen molar-refractivity contribution >= 4 is 44.8 Å². The zero-order chi connectivity index (χ0) is 24.9. The Labute approximate surface area is 213 Å². The van der Waals surface area contributed by atoms with Crippen LogP contribution in [0.2, 0.25) is 0 Å². The third kappa shape index (κ3) is 4.90. The molecule has 2 aromatic rings. The average Bonchev–Trinajstić information content (AvgIpc) is 3.50. The van der Waals surface area contributed by atoms with E-state index < -0.39 is 5.60 Å². The number of nitrogens with two attached hydrogens (primary N) is 1. The highest BCUT2D eigenvalue weighted by atomic mass is 79.9. The van der Waals surface area contributed by atoms with Crippen molar-refractivity contribution in [3.05, 3.63) is 28.6 Å². The van der Waals surface area contributed by atoms with Gasteiger partial charge in [-0.3, -0.25) is 4.79 Å². The van der Waals surface area contributed by atoms with Crippen LogP contribution < -0.4 is 11.1 Å². The van der Waals surface area contributed by atoms with Crippen LogP contribution >= 0.6 is 15.9 Å². The van der Waals surface area contributed by atoms with E-state index in [-0.39, 0.29) is 29.9 Å². The van der Waals surface area contributed by atoms with Gasteiger partial charge < -0.3 is 25.7 Å². The number of nitrogens with one attached hydrogen (secondary N) is 2. The summed E-state index contributed by atoms with van der Waals surface area (Å²) in [5, 5.41) is 3.71. The zero-order valence-corrected chi connectivity index (χ0v) is 22.0. The molecule has 1 saturated heterocycles. The van der Waals surface area contributed by atoms with Gasteiger partial charge in [-0.25, -0.2) is 14.8 Å². The van der Waals surface area contributed by atoms with Crippen LogP contribution in [-0.2, 0) is 9.53 Å². The van der Waals surface area contributed by atoms with Crippen LogP contribution in [0.1, 0.15) is 58.2 Å². The van der Waals surface area contributed by atoms with Gasteiger partial charge in [0.2, 0.25) is 5.91 Å². The molecular formula is C25H33BrN6O3. The fourth-order valence-electron chi connectivity index (χ4n) is 5.79. The highest BCUT2D eigenvalue weighted by Gasteiger charge is 2.45. The molecule has 2 fully saturated rings. The number of carbonyl (C=O) groups excluding carboxylic acids is 2. The minimum absolute atomic E-state index is 0.0742. The molecule has 1 aliphatic heterocycles. The number of imidazole rings is 1. The predicted molar refractivity (Wildman–Crippen MR) is 137 cm³/mol. The Morgan fingerprint density at radius 2 is 2.09 bits per heavy atom. The lowest BCUT2D eigenvalue weighted by Gasteiger charge is -2.33. The van der Waals surface area contributed by atoms with Crippen LogP contribution in [0.5, 0.6) is 0 Å². The number of H-pyrrole nitrogens is 1. The quantitative estimate of drug-likeness (QED) is 0.481. The normalized spacial score (nSPS) is 28.0. The van der Waals surface area contributed by atoms with Crippen LogP contribution in [0.3, 0.4) is 0 Å². The number of allylic oxidation sites excluding steroid dienone is 1. The van der Waals surface area contributed by atoms with Gasteiger partial charge >= 0.3 is 6.09 Å². The number of aromatic nitrogens is 3. The Morgan fingerprint density at radius 3 is 2.83 bits per heavy atom. The Hall–Kier alpha value is -2.62. The van der Waals surface area contributed by atoms with Gasteiger partial charge in [0.1, 0.15) is 16.9 Å². The lowest BCUT2D eigenvalue weighted by Crippen LogP contribution is -2.42. The summed E-state index contributed by atoms with van der Waals surface area (Å²) in [7, 11) is 0. The molecule has 9 nitrogen and oxygen atoms in total. The van der Waals surface area contributed by atoms with Crippen LogP contribution in [0.25, 0.3) is 11.2 Å². The van der Waals surface area contributed by atoms with Crippen LogP contribution in [0, 0.1) is 17.8 Å². The summed E-state index contributed by atoms with van der Waals surface area (Å²) in [6.45, 7) is 6.87. The summed E-state index contributed by atoms with van der Waals surface area (Å²) in [4.78, 5) is 39.0. The van der Waals surface area contributed by atoms with Crippen LogP contribution in [-0.4, -0.2) is 56.6 Å². The molecule has 5 atom stereocenters. The minimum atomic E-state index is -0.526. The number of piperidine rings is 1. The van der Waals surface area contributed by atoms with E-state index in [4.69, 9.17) is 15.5 Å². The number of amides is 2. The first-order chi connectivity index (χ1) is 16.6. The van der Waals surface area contributed by atoms with Crippen LogP contribution in [0.4, 0.5) is 10.5 Å². The molecule has 188 valence electrons. The fraction of sp³-hybridized carbons (Fsp3) is 0.600. The van der Waals surface area contributed by atoms with E-state index in [0.717, 1.165) is 40.8 Å². The number of nitrogens with zero attached hydrogens (tertiary/aromatic N) is 3. The number of carbonyl (C=O) groups is 2. The molecule has 2 bridgehead atoms. The summed E-state index contributed by atoms with van der Waals surface area (Å²) in [5.41, 5.74) is 7.40. The number of pyridine rings is 1. The van der Waals surface area contributed by atoms with E-state index in [1.54, 1.807) is 11.1 Å². The minimum Gasteiger partial charge on any atom is -0.444 e. The molecule has 5 rings (SSSR count). The first kappa shape index (κ1) is 24.1. The van der Waals surface area contributed by atoms with Gasteiger partial charge in [-0.2, -0.15) is 0 Å². The third-order valence-corrected chi connectivity index (χ3v) is 7.92. The number of ether oxygens (including phenoxy) is 1. The highest BCUT2D eigenvalue weighted by Crippen LogP contribution is 2.47. The van der Waals surface area contributed by atoms with Crippen molar-refractivity contribution in [3.8, 4) is 0 Å². The van der Waals surface area contributed by atoms with E-state index in [0.29, 0.717) is 37.0 Å². The number of rotatable bonds is 5. The molecule has 3 heterocycles. The zero-order valence-electron chi connectivity index (χ0n) is 20.4. The van der Waals surface area contributed by atoms with Gasteiger partial charge in [-0.1, -0.05) is 12.2 Å². The maximum atomic E-state index is 12.6. The monoisotopic (exact) mass is 544 g/mol. The summed E-state index contributed by atoms with van der Waals surface area (Å²) in [6.07, 6.45) is 9.17. The second-order valence-electron chi connectivity index (χ2n) is 11.0. The number of primary amides is 1. The van der Waals surface area contributed by atoms with Gasteiger partial charge in [-0.05, 0) is 73.7 Å². The number of hydrogen-bond acceptors (Lipinski definition) is 6. The maximum Gasteiger partial charge on any atom is 0.410 e. The highest BCUT2D eigenvalue weighted by molar-refractivity contribution is 9.10. The first-order valence-corrected chi connectivity index (χ1v) is 13.1. The standard InChI is InChI=1S/C25H33BrN6O3/c1-25(2,3)35-24(34)32-8-4-5-15(12-32)22-30-21-20(17(26)11-28-23(21)31-22)29-19-14-7-6-13(9-14)16(19)10-18(27)33/h6-7,11,13-16,19H,4-5,8-10,12H2,1-3H3,(H2,27,33)(H2,28,29,30,31). The smallest absolute Gasteiger partial charge is 0.410 e. The topological polar surface area (TPSA) is 126 Å². The van der Waals surface area contributed by atoms with Crippen molar-refractivity contribution in [2.24, 2.45) is 23.5 Å². The summed E-state index contributed by atoms with van der Waals surface area (Å²) < 4.78 is 6.42. The second-order valence-corrected chi connectivity index (χ2v) is 11.9. The molecular weight excluding hydrogens is 512 g/mol. The molecule has 5 unspecified atom stereocenters. The predicted octanol–water partition coefficient (Wildman–Crippen LogP) is 4.31. The molecule has 4 N–H and O–H groups in total. The number of hydrogen-bond donors (Lipinski definition) is 3. The summed E-state index contributed by atoms with van der Waals surface area (Å²) in [5.74, 6) is 1.54. The molecule has 2 aromatic heterocycles. The second kappa shape index (κ2) is 9.11. The molecule has 0 radical (unpaired) electrons. The average molecular weight is 545 g/mol. The summed E-state index contributed by atoms with van der Waals surface area (Å²) in [6, 6.07) is 0.114. The van der Waals surface area contributed by atoms with Gasteiger partial charge in [0.15, 0.2) is 5.65 Å². The molecule has 0 spiro atoms. The van der Waals surface area contributed by atoms with E-state index in [1.165, 1.54) is 0 Å². The van der Waals surface area contributed by atoms with Gasteiger partial charge in [-0.15, -0.1) is 0 Å². The summed E-state index contributed by atoms with van der Waals surface area (Å²) >= 11 is 3.66. The van der Waals surface area contributed by atoms with Gasteiger partial charge in [0.05, 0.1) is 10.2 Å². The number of likely N-dealkylation sites (tertiary alicyclic amines) is 1. The molecule has 0 aromatic carbocycles. The Morgan fingerprint density at radius 1 is 1.31 bits per heavy atom. The number of halogens is 1. The lowest BCUT2D eigenvalue weighted by atomic mass is 9.86.